The zero-order valence-corrected chi connectivity index (χ0v) is 14.8. The number of carbonyl (C=O) groups excluding carboxylic acids is 2. The van der Waals surface area contributed by atoms with Gasteiger partial charge in [-0.15, -0.1) is 0 Å². The van der Waals surface area contributed by atoms with Crippen LogP contribution in [0.5, 0.6) is 11.5 Å². The molecule has 0 saturated carbocycles. The molecule has 0 radical (unpaired) electrons. The minimum atomic E-state index is -0.939. The molecule has 2 aromatic carbocycles. The van der Waals surface area contributed by atoms with E-state index in [-0.39, 0.29) is 6.54 Å². The molecule has 0 aliphatic rings. The van der Waals surface area contributed by atoms with Crippen LogP contribution >= 0.6 is 0 Å². The average molecular weight is 365 g/mol. The highest BCUT2D eigenvalue weighted by molar-refractivity contribution is 5.92. The lowest BCUT2D eigenvalue weighted by atomic mass is 10.2. The van der Waals surface area contributed by atoms with Gasteiger partial charge in [0.15, 0.2) is 6.10 Å². The van der Waals surface area contributed by atoms with E-state index in [2.05, 4.69) is 5.32 Å². The Bertz CT molecular complexity index is 890. The molecular weight excluding hydrogens is 346 g/mol. The summed E-state index contributed by atoms with van der Waals surface area (Å²) in [6.07, 6.45) is 0.585. The summed E-state index contributed by atoms with van der Waals surface area (Å²) in [5.74, 6) is 0.775. The van der Waals surface area contributed by atoms with Crippen molar-refractivity contribution in [3.8, 4) is 11.5 Å². The van der Waals surface area contributed by atoms with Gasteiger partial charge in [0.25, 0.3) is 5.91 Å². The molecule has 138 valence electrons. The van der Waals surface area contributed by atoms with Crippen molar-refractivity contribution in [3.63, 3.8) is 0 Å². The van der Waals surface area contributed by atoms with Crippen molar-refractivity contribution in [2.75, 3.05) is 0 Å². The Morgan fingerprint density at radius 2 is 1.78 bits per heavy atom. The van der Waals surface area contributed by atoms with Crippen LogP contribution in [0, 0.1) is 0 Å². The molecule has 0 aliphatic carbocycles. The molecule has 6 heteroatoms. The zero-order chi connectivity index (χ0) is 19.1. The van der Waals surface area contributed by atoms with Crippen LogP contribution in [0.3, 0.4) is 0 Å². The van der Waals surface area contributed by atoms with E-state index < -0.39 is 18.0 Å². The topological polar surface area (TPSA) is 77.8 Å². The predicted octanol–water partition coefficient (Wildman–Crippen LogP) is 3.93. The third-order valence-corrected chi connectivity index (χ3v) is 3.72. The maximum atomic E-state index is 12.3. The third kappa shape index (κ3) is 5.22. The monoisotopic (exact) mass is 365 g/mol. The molecule has 27 heavy (non-hydrogen) atoms. The Morgan fingerprint density at radius 3 is 2.52 bits per heavy atom. The van der Waals surface area contributed by atoms with Gasteiger partial charge in [0.05, 0.1) is 18.4 Å². The Balaban J connectivity index is 1.56. The smallest absolute Gasteiger partial charge is 0.339 e. The van der Waals surface area contributed by atoms with E-state index >= 15 is 0 Å². The number of carbonyl (C=O) groups is 2. The van der Waals surface area contributed by atoms with Crippen molar-refractivity contribution in [2.24, 2.45) is 0 Å². The molecule has 1 atom stereocenters. The van der Waals surface area contributed by atoms with Crippen molar-refractivity contribution in [3.05, 3.63) is 84.3 Å². The number of furan rings is 1. The van der Waals surface area contributed by atoms with Gasteiger partial charge in [0.2, 0.25) is 0 Å². The normalized spacial score (nSPS) is 11.4. The van der Waals surface area contributed by atoms with Crippen molar-refractivity contribution in [1.82, 2.24) is 5.32 Å². The summed E-state index contributed by atoms with van der Waals surface area (Å²) in [5, 5.41) is 2.65. The molecule has 0 aliphatic heterocycles. The van der Waals surface area contributed by atoms with Gasteiger partial charge in [-0.1, -0.05) is 24.3 Å². The van der Waals surface area contributed by atoms with E-state index in [0.717, 1.165) is 0 Å². The van der Waals surface area contributed by atoms with Crippen LogP contribution in [0.2, 0.25) is 0 Å². The van der Waals surface area contributed by atoms with Gasteiger partial charge in [-0.2, -0.15) is 0 Å². The molecule has 1 amide bonds. The van der Waals surface area contributed by atoms with Gasteiger partial charge in [0, 0.05) is 0 Å². The van der Waals surface area contributed by atoms with Crippen LogP contribution in [0.1, 0.15) is 23.0 Å². The van der Waals surface area contributed by atoms with Crippen molar-refractivity contribution in [1.29, 1.82) is 0 Å². The van der Waals surface area contributed by atoms with E-state index in [0.29, 0.717) is 22.8 Å². The number of nitrogens with one attached hydrogen (secondary N) is 1. The van der Waals surface area contributed by atoms with Crippen molar-refractivity contribution in [2.45, 2.75) is 19.6 Å². The van der Waals surface area contributed by atoms with E-state index in [1.165, 1.54) is 13.2 Å². The first-order valence-corrected chi connectivity index (χ1v) is 8.46. The van der Waals surface area contributed by atoms with Gasteiger partial charge in [-0.25, -0.2) is 4.79 Å². The maximum absolute atomic E-state index is 12.3. The van der Waals surface area contributed by atoms with Crippen molar-refractivity contribution < 1.29 is 23.5 Å². The second kappa shape index (κ2) is 8.71. The number of para-hydroxylation sites is 1. The van der Waals surface area contributed by atoms with Crippen LogP contribution < -0.4 is 10.1 Å². The number of benzene rings is 2. The number of hydrogen-bond donors (Lipinski definition) is 1. The Morgan fingerprint density at radius 1 is 1.00 bits per heavy atom. The summed E-state index contributed by atoms with van der Waals surface area (Å²) in [6, 6.07) is 19.3. The van der Waals surface area contributed by atoms with Crippen LogP contribution in [-0.2, 0) is 16.1 Å². The van der Waals surface area contributed by atoms with Crippen LogP contribution in [0.15, 0.2) is 77.4 Å². The average Bonchev–Trinajstić information content (AvgIpc) is 3.20. The van der Waals surface area contributed by atoms with Crippen LogP contribution in [0.4, 0.5) is 0 Å². The molecule has 3 rings (SSSR count). The molecule has 1 heterocycles. The number of rotatable bonds is 7. The van der Waals surface area contributed by atoms with Crippen LogP contribution in [0.25, 0.3) is 0 Å². The summed E-state index contributed by atoms with van der Waals surface area (Å²) >= 11 is 0. The second-order valence-electron chi connectivity index (χ2n) is 5.79. The molecule has 0 saturated heterocycles. The van der Waals surface area contributed by atoms with Gasteiger partial charge in [-0.05, 0) is 49.4 Å². The lowest BCUT2D eigenvalue weighted by Crippen LogP contribution is -2.35. The van der Waals surface area contributed by atoms with Gasteiger partial charge >= 0.3 is 5.97 Å². The standard InChI is InChI=1S/C21H19NO5/c1-15(20(23)22-14-19-11-6-12-25-19)26-21(24)16-7-5-10-18(13-16)27-17-8-3-2-4-9-17/h2-13,15H,14H2,1H3,(H,22,23)/t15-/m0/s1. The molecule has 0 spiro atoms. The molecule has 3 aromatic rings. The molecule has 1 N–H and O–H groups in total. The van der Waals surface area contributed by atoms with Crippen molar-refractivity contribution >= 4 is 11.9 Å². The van der Waals surface area contributed by atoms with E-state index in [1.807, 2.05) is 30.3 Å². The van der Waals surface area contributed by atoms with E-state index in [9.17, 15) is 9.59 Å². The van der Waals surface area contributed by atoms with Gasteiger partial charge in [-0.3, -0.25) is 4.79 Å². The number of esters is 1. The maximum Gasteiger partial charge on any atom is 0.339 e. The summed E-state index contributed by atoms with van der Waals surface area (Å²) in [7, 11) is 0. The fourth-order valence-electron chi connectivity index (χ4n) is 2.32. The Kier molecular flexibility index (Phi) is 5.89. The minimum Gasteiger partial charge on any atom is -0.467 e. The first-order chi connectivity index (χ1) is 13.1. The largest absolute Gasteiger partial charge is 0.467 e. The predicted molar refractivity (Wildman–Crippen MR) is 98.4 cm³/mol. The molecule has 0 bridgehead atoms. The quantitative estimate of drug-likeness (QED) is 0.642. The fourth-order valence-corrected chi connectivity index (χ4v) is 2.32. The lowest BCUT2D eigenvalue weighted by Gasteiger charge is -2.13. The van der Waals surface area contributed by atoms with E-state index in [1.54, 1.807) is 36.4 Å². The fraction of sp³-hybridized carbons (Fsp3) is 0.143. The minimum absolute atomic E-state index is 0.230. The summed E-state index contributed by atoms with van der Waals surface area (Å²) in [4.78, 5) is 24.4. The first-order valence-electron chi connectivity index (χ1n) is 8.46. The molecule has 1 aromatic heterocycles. The lowest BCUT2D eigenvalue weighted by molar-refractivity contribution is -0.129. The Hall–Kier alpha value is -3.54. The number of ether oxygens (including phenoxy) is 2. The molecule has 0 unspecified atom stereocenters. The zero-order valence-electron chi connectivity index (χ0n) is 14.8. The summed E-state index contributed by atoms with van der Waals surface area (Å²) in [6.45, 7) is 1.74. The second-order valence-corrected chi connectivity index (χ2v) is 5.79. The van der Waals surface area contributed by atoms with E-state index in [4.69, 9.17) is 13.9 Å². The third-order valence-electron chi connectivity index (χ3n) is 3.72. The summed E-state index contributed by atoms with van der Waals surface area (Å²) in [5.41, 5.74) is 0.300. The highest BCUT2D eigenvalue weighted by Gasteiger charge is 2.19. The number of hydrogen-bond acceptors (Lipinski definition) is 5. The highest BCUT2D eigenvalue weighted by Crippen LogP contribution is 2.22. The van der Waals surface area contributed by atoms with Gasteiger partial charge in [0.1, 0.15) is 17.3 Å². The first kappa shape index (κ1) is 18.3. The Labute approximate surface area is 156 Å². The molecular formula is C21H19NO5. The molecule has 0 fully saturated rings. The highest BCUT2D eigenvalue weighted by atomic mass is 16.5. The molecule has 6 nitrogen and oxygen atoms in total. The van der Waals surface area contributed by atoms with Crippen LogP contribution in [-0.4, -0.2) is 18.0 Å². The van der Waals surface area contributed by atoms with Gasteiger partial charge < -0.3 is 19.2 Å². The SMILES string of the molecule is C[C@H](OC(=O)c1cccc(Oc2ccccc2)c1)C(=O)NCc1ccco1. The summed E-state index contributed by atoms with van der Waals surface area (Å²) < 4.78 is 16.1. The number of amides is 1.